The van der Waals surface area contributed by atoms with Gasteiger partial charge in [-0.25, -0.2) is 0 Å². The number of fused-ring (bicyclic) bond motifs is 2. The molecule has 1 fully saturated rings. The zero-order valence-electron chi connectivity index (χ0n) is 9.15. The molecule has 2 aliphatic carbocycles. The van der Waals surface area contributed by atoms with E-state index in [4.69, 9.17) is 5.11 Å². The molecule has 2 bridgehead atoms. The number of aliphatic hydroxyl groups is 1. The van der Waals surface area contributed by atoms with Crippen LogP contribution in [0.2, 0.25) is 0 Å². The van der Waals surface area contributed by atoms with Gasteiger partial charge >= 0.3 is 0 Å². The lowest BCUT2D eigenvalue weighted by Gasteiger charge is -2.27. The summed E-state index contributed by atoms with van der Waals surface area (Å²) in [6, 6.07) is 0. The molecule has 0 aromatic heterocycles. The Morgan fingerprint density at radius 3 is 2.50 bits per heavy atom. The van der Waals surface area contributed by atoms with Gasteiger partial charge in [-0.3, -0.25) is 0 Å². The first-order chi connectivity index (χ1) is 6.86. The molecule has 0 heterocycles. The topological polar surface area (TPSA) is 20.2 Å². The minimum absolute atomic E-state index is 0.368. The van der Waals surface area contributed by atoms with Crippen molar-refractivity contribution >= 4 is 0 Å². The molecule has 1 nitrogen and oxygen atoms in total. The maximum atomic E-state index is 8.78. The fourth-order valence-corrected chi connectivity index (χ4v) is 3.55. The van der Waals surface area contributed by atoms with Crippen LogP contribution >= 0.6 is 0 Å². The highest BCUT2D eigenvalue weighted by atomic mass is 16.2. The van der Waals surface area contributed by atoms with Crippen LogP contribution in [0.25, 0.3) is 0 Å². The van der Waals surface area contributed by atoms with E-state index in [0.717, 1.165) is 30.1 Å². The monoisotopic (exact) mass is 194 g/mol. The van der Waals surface area contributed by atoms with Gasteiger partial charge in [0.2, 0.25) is 0 Å². The number of unbranched alkanes of at least 4 members (excludes halogenated alkanes) is 1. The zero-order chi connectivity index (χ0) is 9.97. The van der Waals surface area contributed by atoms with E-state index in [1.165, 1.54) is 25.7 Å². The minimum Gasteiger partial charge on any atom is -0.396 e. The second-order valence-corrected chi connectivity index (χ2v) is 4.90. The Balaban J connectivity index is 1.87. The van der Waals surface area contributed by atoms with Crippen LogP contribution in [-0.4, -0.2) is 11.7 Å². The lowest BCUT2D eigenvalue weighted by molar-refractivity contribution is 0.248. The maximum Gasteiger partial charge on any atom is 0.0431 e. The first-order valence-corrected chi connectivity index (χ1v) is 6.16. The molecule has 4 unspecified atom stereocenters. The highest BCUT2D eigenvalue weighted by molar-refractivity contribution is 5.13. The van der Waals surface area contributed by atoms with Crippen molar-refractivity contribution in [2.45, 2.75) is 39.0 Å². The summed E-state index contributed by atoms with van der Waals surface area (Å²) in [5.74, 6) is 3.65. The Kier molecular flexibility index (Phi) is 3.27. The molecule has 0 saturated heterocycles. The quantitative estimate of drug-likeness (QED) is 0.527. The summed E-state index contributed by atoms with van der Waals surface area (Å²) < 4.78 is 0. The average molecular weight is 194 g/mol. The first kappa shape index (κ1) is 10.2. The Hall–Kier alpha value is -0.300. The Labute approximate surface area is 87.2 Å². The van der Waals surface area contributed by atoms with Crippen LogP contribution in [0.1, 0.15) is 39.0 Å². The van der Waals surface area contributed by atoms with Crippen LogP contribution in [0.4, 0.5) is 0 Å². The number of aliphatic hydroxyl groups excluding tert-OH is 1. The third-order valence-corrected chi connectivity index (χ3v) is 4.22. The largest absolute Gasteiger partial charge is 0.396 e. The van der Waals surface area contributed by atoms with Gasteiger partial charge in [0.25, 0.3) is 0 Å². The summed E-state index contributed by atoms with van der Waals surface area (Å²) in [4.78, 5) is 0. The van der Waals surface area contributed by atoms with Crippen molar-refractivity contribution in [2.75, 3.05) is 6.61 Å². The van der Waals surface area contributed by atoms with Crippen molar-refractivity contribution in [2.24, 2.45) is 23.7 Å². The fraction of sp³-hybridized carbons (Fsp3) is 0.846. The van der Waals surface area contributed by atoms with Crippen LogP contribution in [0, 0.1) is 23.7 Å². The van der Waals surface area contributed by atoms with Crippen molar-refractivity contribution in [3.05, 3.63) is 12.2 Å². The number of hydrogen-bond donors (Lipinski definition) is 1. The van der Waals surface area contributed by atoms with Gasteiger partial charge in [-0.1, -0.05) is 31.9 Å². The predicted octanol–water partition coefficient (Wildman–Crippen LogP) is 3.00. The SMILES string of the molecule is CCC1C2C=CC(C2)C1CCCCO. The summed E-state index contributed by atoms with van der Waals surface area (Å²) in [6.45, 7) is 2.70. The summed E-state index contributed by atoms with van der Waals surface area (Å²) in [5, 5.41) is 8.78. The molecule has 0 aliphatic heterocycles. The third kappa shape index (κ3) is 1.75. The van der Waals surface area contributed by atoms with Crippen molar-refractivity contribution < 1.29 is 5.11 Å². The van der Waals surface area contributed by atoms with Crippen LogP contribution < -0.4 is 0 Å². The van der Waals surface area contributed by atoms with Gasteiger partial charge in [0.05, 0.1) is 0 Å². The molecule has 1 heteroatoms. The fourth-order valence-electron chi connectivity index (χ4n) is 3.55. The van der Waals surface area contributed by atoms with Gasteiger partial charge in [-0.2, -0.15) is 0 Å². The molecule has 14 heavy (non-hydrogen) atoms. The molecule has 0 aromatic carbocycles. The van der Waals surface area contributed by atoms with Crippen LogP contribution in [0.5, 0.6) is 0 Å². The number of allylic oxidation sites excluding steroid dienone is 2. The van der Waals surface area contributed by atoms with Crippen molar-refractivity contribution in [3.63, 3.8) is 0 Å². The van der Waals surface area contributed by atoms with E-state index in [1.54, 1.807) is 0 Å². The van der Waals surface area contributed by atoms with E-state index in [9.17, 15) is 0 Å². The lowest BCUT2D eigenvalue weighted by Crippen LogP contribution is -2.18. The van der Waals surface area contributed by atoms with Gasteiger partial charge in [0.15, 0.2) is 0 Å². The maximum absolute atomic E-state index is 8.78. The minimum atomic E-state index is 0.368. The van der Waals surface area contributed by atoms with Crippen molar-refractivity contribution in [1.29, 1.82) is 0 Å². The Morgan fingerprint density at radius 1 is 1.14 bits per heavy atom. The standard InChI is InChI=1S/C13H22O/c1-2-12-10-6-7-11(9-10)13(12)5-3-4-8-14/h6-7,10-14H,2-5,8-9H2,1H3. The highest BCUT2D eigenvalue weighted by Gasteiger charge is 2.42. The average Bonchev–Trinajstić information content (AvgIpc) is 2.78. The van der Waals surface area contributed by atoms with E-state index in [0.29, 0.717) is 6.61 Å². The molecule has 0 radical (unpaired) electrons. The summed E-state index contributed by atoms with van der Waals surface area (Å²) in [6.07, 6.45) is 11.2. The smallest absolute Gasteiger partial charge is 0.0431 e. The summed E-state index contributed by atoms with van der Waals surface area (Å²) >= 11 is 0. The zero-order valence-corrected chi connectivity index (χ0v) is 9.15. The molecule has 1 saturated carbocycles. The second kappa shape index (κ2) is 4.48. The number of rotatable bonds is 5. The Bertz CT molecular complexity index is 209. The summed E-state index contributed by atoms with van der Waals surface area (Å²) in [5.41, 5.74) is 0. The molecule has 2 aliphatic rings. The van der Waals surface area contributed by atoms with E-state index >= 15 is 0 Å². The number of hydrogen-bond acceptors (Lipinski definition) is 1. The molecular formula is C13H22O. The van der Waals surface area contributed by atoms with Gasteiger partial charge in [0.1, 0.15) is 0 Å². The Morgan fingerprint density at radius 2 is 1.86 bits per heavy atom. The molecule has 0 aromatic rings. The van der Waals surface area contributed by atoms with Crippen molar-refractivity contribution in [3.8, 4) is 0 Å². The van der Waals surface area contributed by atoms with Gasteiger partial charge in [-0.05, 0) is 42.9 Å². The van der Waals surface area contributed by atoms with Gasteiger partial charge in [-0.15, -0.1) is 0 Å². The third-order valence-electron chi connectivity index (χ3n) is 4.22. The van der Waals surface area contributed by atoms with E-state index in [1.807, 2.05) is 0 Å². The first-order valence-electron chi connectivity index (χ1n) is 6.16. The van der Waals surface area contributed by atoms with E-state index in [2.05, 4.69) is 19.1 Å². The summed E-state index contributed by atoms with van der Waals surface area (Å²) in [7, 11) is 0. The van der Waals surface area contributed by atoms with Crippen LogP contribution in [0.15, 0.2) is 12.2 Å². The van der Waals surface area contributed by atoms with Gasteiger partial charge in [0, 0.05) is 6.61 Å². The second-order valence-electron chi connectivity index (χ2n) is 4.90. The lowest BCUT2D eigenvalue weighted by atomic mass is 9.79. The molecule has 0 spiro atoms. The molecular weight excluding hydrogens is 172 g/mol. The normalized spacial score (nSPS) is 39.6. The molecule has 1 N–H and O–H groups in total. The highest BCUT2D eigenvalue weighted by Crippen LogP contribution is 2.51. The van der Waals surface area contributed by atoms with Crippen LogP contribution in [0.3, 0.4) is 0 Å². The van der Waals surface area contributed by atoms with Crippen molar-refractivity contribution in [1.82, 2.24) is 0 Å². The van der Waals surface area contributed by atoms with Crippen LogP contribution in [-0.2, 0) is 0 Å². The molecule has 80 valence electrons. The molecule has 0 amide bonds. The molecule has 2 rings (SSSR count). The van der Waals surface area contributed by atoms with E-state index < -0.39 is 0 Å². The van der Waals surface area contributed by atoms with E-state index in [-0.39, 0.29) is 0 Å². The predicted molar refractivity (Wildman–Crippen MR) is 58.9 cm³/mol. The van der Waals surface area contributed by atoms with Gasteiger partial charge < -0.3 is 5.11 Å². The molecule has 4 atom stereocenters.